The number of carbonyl (C=O) groups excluding carboxylic acids is 6. The van der Waals surface area contributed by atoms with Crippen molar-refractivity contribution in [3.8, 4) is 11.5 Å². The maximum Gasteiger partial charge on any atom is 0.264 e. The molecule has 0 saturated carbocycles. The molecule has 298 valence electrons. The molecule has 2 aliphatic heterocycles. The van der Waals surface area contributed by atoms with Crippen LogP contribution < -0.4 is 26.0 Å². The quantitative estimate of drug-likeness (QED) is 0.0485. The van der Waals surface area contributed by atoms with Crippen molar-refractivity contribution < 1.29 is 43.0 Å². The average Bonchev–Trinajstić information content (AvgIpc) is 3.77. The molecule has 4 heterocycles. The van der Waals surface area contributed by atoms with Crippen LogP contribution in [0, 0.1) is 0 Å². The second-order valence-corrected chi connectivity index (χ2v) is 13.5. The van der Waals surface area contributed by atoms with E-state index in [2.05, 4.69) is 36.2 Å². The first-order chi connectivity index (χ1) is 28.2. The summed E-state index contributed by atoms with van der Waals surface area (Å²) in [5, 5.41) is 11.7. The van der Waals surface area contributed by atoms with Crippen LogP contribution >= 0.6 is 11.6 Å². The average molecular weight is 809 g/mol. The van der Waals surface area contributed by atoms with Gasteiger partial charge < -0.3 is 35.1 Å². The third-order valence-corrected chi connectivity index (χ3v) is 9.58. The first-order valence-corrected chi connectivity index (χ1v) is 18.7. The molecule has 0 radical (unpaired) electrons. The summed E-state index contributed by atoms with van der Waals surface area (Å²) in [6, 6.07) is 17.7. The van der Waals surface area contributed by atoms with Crippen molar-refractivity contribution in [2.24, 2.45) is 0 Å². The lowest BCUT2D eigenvalue weighted by Crippen LogP contribution is -2.54. The fourth-order valence-electron chi connectivity index (χ4n) is 6.52. The van der Waals surface area contributed by atoms with Gasteiger partial charge in [0.15, 0.2) is 5.78 Å². The van der Waals surface area contributed by atoms with Crippen molar-refractivity contribution in [2.45, 2.75) is 18.9 Å². The number of nitrogens with zero attached hydrogens (tertiary/aromatic N) is 3. The van der Waals surface area contributed by atoms with Crippen LogP contribution in [0.25, 0.3) is 11.0 Å². The first kappa shape index (κ1) is 39.5. The standard InChI is InChI=1S/C40H37ClN8O9/c41-28-19-24(58-23-5-2-1-3-6-23)9-10-25(28)35(52)27-20-45-37-34(27)36(46-22-47-37)43-14-16-57-18-17-56-15-13-42-32(51)21-44-29-8-4-7-26-33(29)40(55)49(39(26)54)30-11-12-31(50)48-38(30)53/h1-10,19-20,22,30,44H,11-18,21H2,(H,42,51)(H,48,50,53)(H2,43,45,46,47). The number of aromatic nitrogens is 3. The van der Waals surface area contributed by atoms with Crippen LogP contribution in [0.1, 0.15) is 49.5 Å². The van der Waals surface area contributed by atoms with E-state index in [9.17, 15) is 28.8 Å². The summed E-state index contributed by atoms with van der Waals surface area (Å²) in [4.78, 5) is 88.8. The van der Waals surface area contributed by atoms with Crippen LogP contribution in [-0.2, 0) is 23.9 Å². The van der Waals surface area contributed by atoms with E-state index in [1.807, 2.05) is 30.3 Å². The summed E-state index contributed by atoms with van der Waals surface area (Å²) in [5.41, 5.74) is 1.58. The Hall–Kier alpha value is -6.69. The third kappa shape index (κ3) is 8.81. The number of amides is 5. The normalized spacial score (nSPS) is 15.0. The Labute approximate surface area is 335 Å². The van der Waals surface area contributed by atoms with Crippen molar-refractivity contribution in [3.05, 3.63) is 107 Å². The highest BCUT2D eigenvalue weighted by molar-refractivity contribution is 6.36. The number of benzene rings is 3. The molecule has 0 spiro atoms. The van der Waals surface area contributed by atoms with E-state index in [0.29, 0.717) is 52.6 Å². The van der Waals surface area contributed by atoms with E-state index in [-0.39, 0.29) is 79.3 Å². The first-order valence-electron chi connectivity index (χ1n) is 18.3. The highest BCUT2D eigenvalue weighted by atomic mass is 35.5. The summed E-state index contributed by atoms with van der Waals surface area (Å²) >= 11 is 6.53. The number of hydrogen-bond donors (Lipinski definition) is 5. The molecule has 17 nitrogen and oxygen atoms in total. The van der Waals surface area contributed by atoms with Gasteiger partial charge in [0, 0.05) is 43.0 Å². The highest BCUT2D eigenvalue weighted by Gasteiger charge is 2.45. The number of nitrogens with one attached hydrogen (secondary N) is 5. The lowest BCUT2D eigenvalue weighted by molar-refractivity contribution is -0.136. The predicted molar refractivity (Wildman–Crippen MR) is 210 cm³/mol. The molecule has 3 aromatic carbocycles. The van der Waals surface area contributed by atoms with Gasteiger partial charge in [0.2, 0.25) is 17.7 Å². The Balaban J connectivity index is 0.804. The van der Waals surface area contributed by atoms with Gasteiger partial charge in [-0.3, -0.25) is 39.0 Å². The smallest absolute Gasteiger partial charge is 0.264 e. The zero-order chi connectivity index (χ0) is 40.6. The van der Waals surface area contributed by atoms with Gasteiger partial charge in [-0.25, -0.2) is 9.97 Å². The number of ether oxygens (including phenoxy) is 3. The fraction of sp³-hybridized carbons (Fsp3) is 0.250. The van der Waals surface area contributed by atoms with E-state index in [1.165, 1.54) is 12.4 Å². The number of fused-ring (bicyclic) bond motifs is 2. The van der Waals surface area contributed by atoms with Crippen LogP contribution in [0.15, 0.2) is 79.3 Å². The van der Waals surface area contributed by atoms with Crippen LogP contribution in [0.5, 0.6) is 11.5 Å². The van der Waals surface area contributed by atoms with E-state index in [1.54, 1.807) is 36.5 Å². The molecule has 18 heteroatoms. The third-order valence-electron chi connectivity index (χ3n) is 9.27. The summed E-state index contributed by atoms with van der Waals surface area (Å²) in [7, 11) is 0. The molecule has 5 aromatic rings. The van der Waals surface area contributed by atoms with Gasteiger partial charge in [-0.2, -0.15) is 0 Å². The fourth-order valence-corrected chi connectivity index (χ4v) is 6.77. The molecule has 58 heavy (non-hydrogen) atoms. The number of anilines is 2. The van der Waals surface area contributed by atoms with Crippen LogP contribution in [-0.4, -0.2) is 107 Å². The Morgan fingerprint density at radius 2 is 1.64 bits per heavy atom. The number of para-hydroxylation sites is 1. The van der Waals surface area contributed by atoms with Gasteiger partial charge in [0.25, 0.3) is 11.8 Å². The number of ketones is 1. The summed E-state index contributed by atoms with van der Waals surface area (Å²) in [6.45, 7) is 1.49. The van der Waals surface area contributed by atoms with Crippen molar-refractivity contribution in [2.75, 3.05) is 56.7 Å². The Bertz CT molecular complexity index is 2390. The molecule has 1 fully saturated rings. The minimum atomic E-state index is -1.09. The van der Waals surface area contributed by atoms with E-state index in [0.717, 1.165) is 4.90 Å². The van der Waals surface area contributed by atoms with Gasteiger partial charge >= 0.3 is 0 Å². The van der Waals surface area contributed by atoms with Crippen LogP contribution in [0.2, 0.25) is 5.02 Å². The number of aromatic amines is 1. The largest absolute Gasteiger partial charge is 0.457 e. The minimum Gasteiger partial charge on any atom is -0.457 e. The van der Waals surface area contributed by atoms with Gasteiger partial charge in [-0.15, -0.1) is 0 Å². The topological polar surface area (TPSA) is 223 Å². The zero-order valence-electron chi connectivity index (χ0n) is 30.8. The van der Waals surface area contributed by atoms with Crippen LogP contribution in [0.4, 0.5) is 11.5 Å². The van der Waals surface area contributed by atoms with Crippen molar-refractivity contribution in [1.29, 1.82) is 0 Å². The molecule has 2 aliphatic rings. The maximum absolute atomic E-state index is 13.6. The number of halogens is 1. The minimum absolute atomic E-state index is 0.0138. The molecule has 1 unspecified atom stereocenters. The van der Waals surface area contributed by atoms with Gasteiger partial charge in [0.1, 0.15) is 35.3 Å². The van der Waals surface area contributed by atoms with E-state index in [4.69, 9.17) is 25.8 Å². The molecule has 1 saturated heterocycles. The van der Waals surface area contributed by atoms with Crippen molar-refractivity contribution >= 4 is 69.5 Å². The van der Waals surface area contributed by atoms with Crippen LogP contribution in [0.3, 0.4) is 0 Å². The number of rotatable bonds is 18. The van der Waals surface area contributed by atoms with Gasteiger partial charge in [0.05, 0.1) is 60.1 Å². The zero-order valence-corrected chi connectivity index (χ0v) is 31.6. The molecule has 1 atom stereocenters. The SMILES string of the molecule is O=C(CNc1cccc2c1C(=O)N(C1CCC(=O)NC1=O)C2=O)NCCOCCOCCNc1ncnc2[nH]cc(C(=O)c3ccc(Oc4ccccc4)cc3Cl)c12. The molecule has 2 aromatic heterocycles. The number of carbonyl (C=O) groups is 6. The number of imide groups is 2. The second-order valence-electron chi connectivity index (χ2n) is 13.1. The van der Waals surface area contributed by atoms with Gasteiger partial charge in [-0.1, -0.05) is 35.9 Å². The van der Waals surface area contributed by atoms with Gasteiger partial charge in [-0.05, 0) is 42.8 Å². The molecular weight excluding hydrogens is 772 g/mol. The highest BCUT2D eigenvalue weighted by Crippen LogP contribution is 2.33. The summed E-state index contributed by atoms with van der Waals surface area (Å²) in [5.74, 6) is -1.55. The summed E-state index contributed by atoms with van der Waals surface area (Å²) in [6.07, 6.45) is 3.02. The Morgan fingerprint density at radius 3 is 2.41 bits per heavy atom. The number of H-pyrrole nitrogens is 1. The molecule has 5 amide bonds. The maximum atomic E-state index is 13.6. The Kier molecular flexibility index (Phi) is 12.3. The molecular formula is C40H37ClN8O9. The Morgan fingerprint density at radius 1 is 0.845 bits per heavy atom. The van der Waals surface area contributed by atoms with E-state index >= 15 is 0 Å². The number of piperidine rings is 1. The number of hydrogen-bond acceptors (Lipinski definition) is 13. The molecule has 0 bridgehead atoms. The van der Waals surface area contributed by atoms with E-state index < -0.39 is 29.7 Å². The lowest BCUT2D eigenvalue weighted by atomic mass is 10.0. The second kappa shape index (κ2) is 18.1. The lowest BCUT2D eigenvalue weighted by Gasteiger charge is -2.27. The molecule has 5 N–H and O–H groups in total. The monoisotopic (exact) mass is 808 g/mol. The van der Waals surface area contributed by atoms with Crippen molar-refractivity contribution in [3.63, 3.8) is 0 Å². The summed E-state index contributed by atoms with van der Waals surface area (Å²) < 4.78 is 17.1. The molecule has 0 aliphatic carbocycles. The molecule has 7 rings (SSSR count). The predicted octanol–water partition coefficient (Wildman–Crippen LogP) is 3.71. The van der Waals surface area contributed by atoms with Crippen molar-refractivity contribution in [1.82, 2.24) is 30.5 Å².